The van der Waals surface area contributed by atoms with E-state index in [2.05, 4.69) is 15.4 Å². The maximum Gasteiger partial charge on any atom is 0.161 e. The summed E-state index contributed by atoms with van der Waals surface area (Å²) >= 11 is 5.80. The molecule has 6 heteroatoms. The number of halogens is 2. The van der Waals surface area contributed by atoms with E-state index in [0.29, 0.717) is 17.2 Å². The molecule has 1 aromatic heterocycles. The molecule has 2 rings (SSSR count). The smallest absolute Gasteiger partial charge is 0.161 e. The zero-order chi connectivity index (χ0) is 14.9. The van der Waals surface area contributed by atoms with E-state index in [0.717, 1.165) is 5.69 Å². The fraction of sp³-hybridized carbons (Fsp3) is 0.286. The lowest BCUT2D eigenvalue weighted by atomic mass is 9.92. The van der Waals surface area contributed by atoms with Gasteiger partial charge in [0.1, 0.15) is 11.6 Å². The van der Waals surface area contributed by atoms with Crippen molar-refractivity contribution in [3.05, 3.63) is 40.8 Å². The summed E-state index contributed by atoms with van der Waals surface area (Å²) in [5, 5.41) is 0.0366. The van der Waals surface area contributed by atoms with E-state index in [9.17, 15) is 4.39 Å². The van der Waals surface area contributed by atoms with Crippen molar-refractivity contribution in [1.29, 1.82) is 0 Å². The molecule has 4 nitrogen and oxygen atoms in total. The molecule has 0 fully saturated rings. The molecule has 0 aliphatic carbocycles. The van der Waals surface area contributed by atoms with Crippen LogP contribution in [0.3, 0.4) is 0 Å². The van der Waals surface area contributed by atoms with Gasteiger partial charge in [0.25, 0.3) is 0 Å². The summed E-state index contributed by atoms with van der Waals surface area (Å²) in [4.78, 5) is 8.78. The predicted octanol–water partition coefficient (Wildman–Crippen LogP) is 3.52. The van der Waals surface area contributed by atoms with Gasteiger partial charge in [0.05, 0.1) is 10.7 Å². The number of hydrogen-bond acceptors (Lipinski definition) is 4. The normalized spacial score (nSPS) is 11.5. The van der Waals surface area contributed by atoms with Crippen LogP contribution in [0.5, 0.6) is 0 Å². The summed E-state index contributed by atoms with van der Waals surface area (Å²) in [6.45, 7) is 6.12. The van der Waals surface area contributed by atoms with Crippen LogP contribution in [0, 0.1) is 5.82 Å². The number of nitrogens with zero attached hydrogens (tertiary/aromatic N) is 2. The topological polar surface area (TPSA) is 63.8 Å². The van der Waals surface area contributed by atoms with Crippen LogP contribution in [0.1, 0.15) is 26.5 Å². The van der Waals surface area contributed by atoms with Crippen LogP contribution in [-0.4, -0.2) is 9.97 Å². The largest absolute Gasteiger partial charge is 0.308 e. The van der Waals surface area contributed by atoms with Gasteiger partial charge in [-0.1, -0.05) is 32.4 Å². The van der Waals surface area contributed by atoms with Crippen molar-refractivity contribution < 1.29 is 4.39 Å². The van der Waals surface area contributed by atoms with Crippen molar-refractivity contribution in [3.63, 3.8) is 0 Å². The van der Waals surface area contributed by atoms with Crippen molar-refractivity contribution in [1.82, 2.24) is 9.97 Å². The van der Waals surface area contributed by atoms with Crippen molar-refractivity contribution in [2.75, 3.05) is 5.43 Å². The van der Waals surface area contributed by atoms with Gasteiger partial charge in [-0.25, -0.2) is 20.2 Å². The highest BCUT2D eigenvalue weighted by atomic mass is 35.5. The Morgan fingerprint density at radius 3 is 2.45 bits per heavy atom. The summed E-state index contributed by atoms with van der Waals surface area (Å²) < 4.78 is 13.2. The maximum absolute atomic E-state index is 13.2. The average Bonchev–Trinajstić information content (AvgIpc) is 2.40. The van der Waals surface area contributed by atoms with E-state index < -0.39 is 5.82 Å². The quantitative estimate of drug-likeness (QED) is 0.657. The highest BCUT2D eigenvalue weighted by Gasteiger charge is 2.18. The molecule has 1 heterocycles. The monoisotopic (exact) mass is 294 g/mol. The third kappa shape index (κ3) is 3.05. The van der Waals surface area contributed by atoms with E-state index in [1.165, 1.54) is 12.1 Å². The Hall–Kier alpha value is -1.72. The fourth-order valence-corrected chi connectivity index (χ4v) is 1.85. The van der Waals surface area contributed by atoms with E-state index in [1.54, 1.807) is 12.1 Å². The standard InChI is InChI=1S/C14H16ClFN4/c1-14(2,3)11-7-12(20-17)19-13(18-11)8-4-5-10(16)9(15)6-8/h4-7H,17H2,1-3H3,(H,18,19,20). The number of nitrogen functional groups attached to an aromatic ring is 1. The van der Waals surface area contributed by atoms with Gasteiger partial charge in [-0.2, -0.15) is 0 Å². The van der Waals surface area contributed by atoms with Gasteiger partial charge in [-0.15, -0.1) is 0 Å². The zero-order valence-corrected chi connectivity index (χ0v) is 12.3. The lowest BCUT2D eigenvalue weighted by Gasteiger charge is -2.19. The molecule has 0 bridgehead atoms. The lowest BCUT2D eigenvalue weighted by Crippen LogP contribution is -2.17. The first-order chi connectivity index (χ1) is 9.31. The van der Waals surface area contributed by atoms with Gasteiger partial charge in [-0.3, -0.25) is 0 Å². The van der Waals surface area contributed by atoms with Gasteiger partial charge in [-0.05, 0) is 18.2 Å². The first kappa shape index (κ1) is 14.7. The third-order valence-corrected chi connectivity index (χ3v) is 3.11. The number of anilines is 1. The van der Waals surface area contributed by atoms with Crippen LogP contribution >= 0.6 is 11.6 Å². The molecule has 20 heavy (non-hydrogen) atoms. The fourth-order valence-electron chi connectivity index (χ4n) is 1.67. The number of rotatable bonds is 2. The van der Waals surface area contributed by atoms with Crippen LogP contribution in [0.15, 0.2) is 24.3 Å². The van der Waals surface area contributed by atoms with Crippen LogP contribution in [0.25, 0.3) is 11.4 Å². The molecular weight excluding hydrogens is 279 g/mol. The van der Waals surface area contributed by atoms with Gasteiger partial charge >= 0.3 is 0 Å². The average molecular weight is 295 g/mol. The van der Waals surface area contributed by atoms with E-state index in [-0.39, 0.29) is 10.4 Å². The molecule has 1 aromatic carbocycles. The Balaban J connectivity index is 2.58. The minimum Gasteiger partial charge on any atom is -0.308 e. The summed E-state index contributed by atoms with van der Waals surface area (Å²) in [5.74, 6) is 5.92. The molecule has 0 aliphatic rings. The molecule has 0 amide bonds. The highest BCUT2D eigenvalue weighted by Crippen LogP contribution is 2.27. The Kier molecular flexibility index (Phi) is 3.92. The summed E-state index contributed by atoms with van der Waals surface area (Å²) in [6, 6.07) is 6.16. The van der Waals surface area contributed by atoms with E-state index in [1.807, 2.05) is 20.8 Å². The number of hydrazine groups is 1. The molecular formula is C14H16ClFN4. The Bertz CT molecular complexity index is 638. The second-order valence-electron chi connectivity index (χ2n) is 5.49. The van der Waals surface area contributed by atoms with Crippen molar-refractivity contribution >= 4 is 17.4 Å². The van der Waals surface area contributed by atoms with Gasteiger partial charge < -0.3 is 5.43 Å². The zero-order valence-electron chi connectivity index (χ0n) is 11.5. The highest BCUT2D eigenvalue weighted by molar-refractivity contribution is 6.31. The minimum absolute atomic E-state index is 0.0366. The van der Waals surface area contributed by atoms with Crippen LogP contribution in [-0.2, 0) is 5.41 Å². The predicted molar refractivity (Wildman–Crippen MR) is 78.9 cm³/mol. The number of nitrogens with one attached hydrogen (secondary N) is 1. The van der Waals surface area contributed by atoms with E-state index >= 15 is 0 Å². The van der Waals surface area contributed by atoms with Gasteiger partial charge in [0, 0.05) is 17.0 Å². The second-order valence-corrected chi connectivity index (χ2v) is 5.89. The molecule has 3 N–H and O–H groups in total. The molecule has 0 spiro atoms. The summed E-state index contributed by atoms with van der Waals surface area (Å²) in [6.07, 6.45) is 0. The second kappa shape index (κ2) is 5.34. The first-order valence-electron chi connectivity index (χ1n) is 6.13. The number of nitrogens with two attached hydrogens (primary N) is 1. The SMILES string of the molecule is CC(C)(C)c1cc(NN)nc(-c2ccc(F)c(Cl)c2)n1. The van der Waals surface area contributed by atoms with Gasteiger partial charge in [0.2, 0.25) is 0 Å². The number of aromatic nitrogens is 2. The Labute approximate surface area is 122 Å². The summed E-state index contributed by atoms with van der Waals surface area (Å²) in [5.41, 5.74) is 3.83. The van der Waals surface area contributed by atoms with Crippen LogP contribution in [0.2, 0.25) is 5.02 Å². The summed E-state index contributed by atoms with van der Waals surface area (Å²) in [7, 11) is 0. The Morgan fingerprint density at radius 1 is 1.20 bits per heavy atom. The third-order valence-electron chi connectivity index (χ3n) is 2.82. The molecule has 106 valence electrons. The van der Waals surface area contributed by atoms with Crippen molar-refractivity contribution in [2.24, 2.45) is 5.84 Å². The number of benzene rings is 1. The van der Waals surface area contributed by atoms with Crippen LogP contribution < -0.4 is 11.3 Å². The molecule has 0 saturated carbocycles. The molecule has 2 aromatic rings. The van der Waals surface area contributed by atoms with Crippen molar-refractivity contribution in [2.45, 2.75) is 26.2 Å². The minimum atomic E-state index is -0.473. The van der Waals surface area contributed by atoms with Crippen LogP contribution in [0.4, 0.5) is 10.2 Å². The molecule has 0 saturated heterocycles. The van der Waals surface area contributed by atoms with Gasteiger partial charge in [0.15, 0.2) is 5.82 Å². The molecule has 0 radical (unpaired) electrons. The lowest BCUT2D eigenvalue weighted by molar-refractivity contribution is 0.568. The number of hydrogen-bond donors (Lipinski definition) is 2. The molecule has 0 unspecified atom stereocenters. The Morgan fingerprint density at radius 2 is 1.90 bits per heavy atom. The molecule has 0 atom stereocenters. The van der Waals surface area contributed by atoms with Crippen molar-refractivity contribution in [3.8, 4) is 11.4 Å². The first-order valence-corrected chi connectivity index (χ1v) is 6.50. The molecule has 0 aliphatic heterocycles. The van der Waals surface area contributed by atoms with E-state index in [4.69, 9.17) is 17.4 Å². The maximum atomic E-state index is 13.2.